The zero-order valence-electron chi connectivity index (χ0n) is 14.2. The molecule has 3 N–H and O–H groups in total. The van der Waals surface area contributed by atoms with Crippen LogP contribution in [0.4, 0.5) is 18.9 Å². The number of fused-ring (bicyclic) bond motifs is 9. The van der Waals surface area contributed by atoms with Crippen molar-refractivity contribution in [1.29, 1.82) is 0 Å². The van der Waals surface area contributed by atoms with Crippen LogP contribution in [0.2, 0.25) is 0 Å². The molecule has 3 aromatic heterocycles. The fourth-order valence-corrected chi connectivity index (χ4v) is 5.94. The van der Waals surface area contributed by atoms with Gasteiger partial charge in [0, 0.05) is 10.9 Å². The van der Waals surface area contributed by atoms with Crippen LogP contribution in [-0.2, 0) is 6.18 Å². The number of aromatic amines is 2. The second-order valence-electron chi connectivity index (χ2n) is 7.97. The zero-order valence-corrected chi connectivity index (χ0v) is 14.2. The van der Waals surface area contributed by atoms with Crippen molar-refractivity contribution in [2.24, 2.45) is 17.8 Å². The maximum Gasteiger partial charge on any atom is 0.433 e. The van der Waals surface area contributed by atoms with Gasteiger partial charge in [0.1, 0.15) is 5.69 Å². The summed E-state index contributed by atoms with van der Waals surface area (Å²) in [5.41, 5.74) is 2.18. The summed E-state index contributed by atoms with van der Waals surface area (Å²) in [5, 5.41) is 17.3. The van der Waals surface area contributed by atoms with Gasteiger partial charge in [-0.2, -0.15) is 23.4 Å². The van der Waals surface area contributed by atoms with Crippen molar-refractivity contribution >= 4 is 16.7 Å². The first-order valence-electron chi connectivity index (χ1n) is 9.21. The molecule has 5 atom stereocenters. The van der Waals surface area contributed by atoms with Crippen molar-refractivity contribution in [2.75, 3.05) is 5.32 Å². The fourth-order valence-electron chi connectivity index (χ4n) is 5.94. The van der Waals surface area contributed by atoms with Crippen LogP contribution in [0.15, 0.2) is 18.6 Å². The molecule has 2 fully saturated rings. The molecule has 6 rings (SSSR count). The van der Waals surface area contributed by atoms with Crippen LogP contribution >= 0.6 is 0 Å². The predicted octanol–water partition coefficient (Wildman–Crippen LogP) is 4.00. The van der Waals surface area contributed by atoms with Crippen molar-refractivity contribution in [3.63, 3.8) is 0 Å². The standard InChI is InChI=1S/C18H17F3N6/c19-18(20,21)16-10(5-23-26-16)15-13-8-2-1-7(3-8)12(13)14-9-4-24-27-17(9)22-6-11(14)25-15/h4-8,12-13,15,25H,1-3H2,(H,23,26)(H,22,24,27). The molecular weight excluding hydrogens is 357 g/mol. The van der Waals surface area contributed by atoms with Gasteiger partial charge in [0.2, 0.25) is 0 Å². The van der Waals surface area contributed by atoms with Gasteiger partial charge in [0.15, 0.2) is 5.65 Å². The maximum absolute atomic E-state index is 13.5. The minimum absolute atomic E-state index is 0.121. The lowest BCUT2D eigenvalue weighted by molar-refractivity contribution is -0.142. The van der Waals surface area contributed by atoms with E-state index in [0.29, 0.717) is 11.8 Å². The van der Waals surface area contributed by atoms with E-state index in [1.807, 2.05) is 0 Å². The van der Waals surface area contributed by atoms with E-state index in [9.17, 15) is 13.2 Å². The highest BCUT2D eigenvalue weighted by atomic mass is 19.4. The van der Waals surface area contributed by atoms with E-state index >= 15 is 0 Å². The highest BCUT2D eigenvalue weighted by Gasteiger charge is 2.55. The van der Waals surface area contributed by atoms with E-state index in [1.54, 1.807) is 12.4 Å². The molecule has 6 nitrogen and oxygen atoms in total. The molecule has 140 valence electrons. The number of hydrogen-bond acceptors (Lipinski definition) is 4. The topological polar surface area (TPSA) is 82.3 Å². The van der Waals surface area contributed by atoms with Crippen LogP contribution in [0.5, 0.6) is 0 Å². The van der Waals surface area contributed by atoms with E-state index in [1.165, 1.54) is 11.8 Å². The van der Waals surface area contributed by atoms with Crippen molar-refractivity contribution in [3.8, 4) is 0 Å². The lowest BCUT2D eigenvalue weighted by Gasteiger charge is -2.43. The van der Waals surface area contributed by atoms with Gasteiger partial charge in [-0.05, 0) is 48.5 Å². The molecule has 0 aromatic carbocycles. The van der Waals surface area contributed by atoms with Gasteiger partial charge >= 0.3 is 6.18 Å². The Hall–Kier alpha value is -2.58. The second kappa shape index (κ2) is 5.02. The fraction of sp³-hybridized carbons (Fsp3) is 0.500. The van der Waals surface area contributed by atoms with Crippen LogP contribution in [0, 0.1) is 17.8 Å². The van der Waals surface area contributed by atoms with E-state index in [0.717, 1.165) is 36.0 Å². The Morgan fingerprint density at radius 1 is 1.00 bits per heavy atom. The maximum atomic E-state index is 13.5. The SMILES string of the molecule is FC(F)(F)c1[nH]ncc1C1Nc2cnc3[nH]ncc3c2C2C3CCC(C3)C12. The molecule has 2 aliphatic carbocycles. The first kappa shape index (κ1) is 15.5. The van der Waals surface area contributed by atoms with Gasteiger partial charge in [-0.1, -0.05) is 0 Å². The molecule has 3 aromatic rings. The quantitative estimate of drug-likeness (QED) is 0.601. The number of rotatable bonds is 1. The zero-order chi connectivity index (χ0) is 18.3. The molecule has 0 radical (unpaired) electrons. The monoisotopic (exact) mass is 374 g/mol. The molecule has 0 amide bonds. The van der Waals surface area contributed by atoms with Crippen LogP contribution in [0.3, 0.4) is 0 Å². The average molecular weight is 374 g/mol. The van der Waals surface area contributed by atoms with Crippen LogP contribution < -0.4 is 5.32 Å². The van der Waals surface area contributed by atoms with Gasteiger partial charge in [0.05, 0.1) is 30.3 Å². The number of alkyl halides is 3. The summed E-state index contributed by atoms with van der Waals surface area (Å²) in [6.45, 7) is 0. The van der Waals surface area contributed by atoms with Crippen LogP contribution in [-0.4, -0.2) is 25.4 Å². The average Bonchev–Trinajstić information content (AvgIpc) is 3.43. The summed E-state index contributed by atoms with van der Waals surface area (Å²) in [5.74, 6) is 1.28. The number of halogens is 3. The van der Waals surface area contributed by atoms with Crippen LogP contribution in [0.1, 0.15) is 48.0 Å². The Morgan fingerprint density at radius 2 is 1.81 bits per heavy atom. The van der Waals surface area contributed by atoms with Crippen molar-refractivity contribution in [3.05, 3.63) is 35.4 Å². The van der Waals surface area contributed by atoms with Crippen molar-refractivity contribution in [2.45, 2.75) is 37.4 Å². The van der Waals surface area contributed by atoms with Gasteiger partial charge in [-0.15, -0.1) is 0 Å². The minimum atomic E-state index is -4.45. The highest BCUT2D eigenvalue weighted by molar-refractivity contribution is 5.85. The van der Waals surface area contributed by atoms with E-state index < -0.39 is 17.9 Å². The summed E-state index contributed by atoms with van der Waals surface area (Å²) in [6, 6.07) is -0.417. The Balaban J connectivity index is 1.55. The largest absolute Gasteiger partial charge is 0.433 e. The Morgan fingerprint density at radius 3 is 2.67 bits per heavy atom. The second-order valence-corrected chi connectivity index (χ2v) is 7.97. The summed E-state index contributed by atoms with van der Waals surface area (Å²) in [6.07, 6.45) is 3.68. The normalized spacial score (nSPS) is 31.7. The van der Waals surface area contributed by atoms with Crippen molar-refractivity contribution < 1.29 is 13.2 Å². The summed E-state index contributed by atoms with van der Waals surface area (Å²) < 4.78 is 40.5. The summed E-state index contributed by atoms with van der Waals surface area (Å²) >= 11 is 0. The van der Waals surface area contributed by atoms with E-state index in [2.05, 4.69) is 30.7 Å². The smallest absolute Gasteiger partial charge is 0.376 e. The molecule has 27 heavy (non-hydrogen) atoms. The van der Waals surface area contributed by atoms with Gasteiger partial charge < -0.3 is 5.32 Å². The molecule has 0 saturated heterocycles. The number of nitrogens with one attached hydrogen (secondary N) is 3. The van der Waals surface area contributed by atoms with Gasteiger partial charge in [-0.25, -0.2) is 4.98 Å². The van der Waals surface area contributed by atoms with E-state index in [-0.39, 0.29) is 17.4 Å². The van der Waals surface area contributed by atoms with Gasteiger partial charge in [-0.3, -0.25) is 10.2 Å². The Labute approximate surface area is 151 Å². The third kappa shape index (κ3) is 1.99. The first-order chi connectivity index (χ1) is 13.0. The number of aromatic nitrogens is 5. The summed E-state index contributed by atoms with van der Waals surface area (Å²) in [4.78, 5) is 4.39. The third-order valence-electron chi connectivity index (χ3n) is 6.82. The minimum Gasteiger partial charge on any atom is -0.376 e. The predicted molar refractivity (Wildman–Crippen MR) is 90.9 cm³/mol. The molecule has 2 bridgehead atoms. The number of pyridine rings is 1. The molecule has 1 aliphatic heterocycles. The molecule has 2 saturated carbocycles. The Bertz CT molecular complexity index is 1040. The number of anilines is 1. The van der Waals surface area contributed by atoms with Crippen LogP contribution in [0.25, 0.3) is 11.0 Å². The van der Waals surface area contributed by atoms with Gasteiger partial charge in [0.25, 0.3) is 0 Å². The molecule has 4 heterocycles. The third-order valence-corrected chi connectivity index (χ3v) is 6.82. The number of H-pyrrole nitrogens is 2. The first-order valence-corrected chi connectivity index (χ1v) is 9.21. The molecule has 3 aliphatic rings. The summed E-state index contributed by atoms with van der Waals surface area (Å²) in [7, 11) is 0. The highest BCUT2D eigenvalue weighted by Crippen LogP contribution is 2.64. The number of hydrogen-bond donors (Lipinski definition) is 3. The molecule has 5 unspecified atom stereocenters. The Kier molecular flexibility index (Phi) is 2.88. The number of nitrogens with zero attached hydrogens (tertiary/aromatic N) is 3. The van der Waals surface area contributed by atoms with Crippen molar-refractivity contribution in [1.82, 2.24) is 25.4 Å². The lowest BCUT2D eigenvalue weighted by Crippen LogP contribution is -2.36. The molecule has 0 spiro atoms. The molecular formula is C18H17F3N6. The molecule has 9 heteroatoms. The van der Waals surface area contributed by atoms with E-state index in [4.69, 9.17) is 0 Å². The lowest BCUT2D eigenvalue weighted by atomic mass is 9.67.